The van der Waals surface area contributed by atoms with Gasteiger partial charge in [0.1, 0.15) is 0 Å². The van der Waals surface area contributed by atoms with Gasteiger partial charge in [0.25, 0.3) is 0 Å². The average Bonchev–Trinajstić information content (AvgIpc) is 2.65. The van der Waals surface area contributed by atoms with E-state index in [9.17, 15) is 30.0 Å². The van der Waals surface area contributed by atoms with Crippen molar-refractivity contribution < 1.29 is 30.0 Å². The molecule has 0 unspecified atom stereocenters. The van der Waals surface area contributed by atoms with Crippen molar-refractivity contribution in [2.24, 2.45) is 0 Å². The van der Waals surface area contributed by atoms with Gasteiger partial charge in [-0.25, -0.2) is 21.6 Å². The molecule has 2 aromatic carbocycles. The largest absolute Gasteiger partial charge is 0.390 e. The molecule has 0 spiro atoms. The summed E-state index contributed by atoms with van der Waals surface area (Å²) < 4.78 is 88.5. The molecule has 0 amide bonds. The van der Waals surface area contributed by atoms with E-state index in [4.69, 9.17) is 0 Å². The van der Waals surface area contributed by atoms with Gasteiger partial charge in [-0.3, -0.25) is 0 Å². The van der Waals surface area contributed by atoms with Gasteiger partial charge in [0, 0.05) is 12.1 Å². The Kier molecular flexibility index (Phi) is 7.43. The summed E-state index contributed by atoms with van der Waals surface area (Å²) in [5.74, 6) is 5.28. The predicted molar refractivity (Wildman–Crippen MR) is 101 cm³/mol. The second-order valence-electron chi connectivity index (χ2n) is 5.73. The van der Waals surface area contributed by atoms with Crippen LogP contribution < -0.4 is 9.44 Å². The zero-order valence-corrected chi connectivity index (χ0v) is 16.5. The SMILES string of the molecule is O=S(=O)(NCC#Cc1ccc(S(=O)(=O)NCCC(F)(F)F)cc1)c1ccccc1. The minimum atomic E-state index is -4.45. The van der Waals surface area contributed by atoms with Gasteiger partial charge in [0.05, 0.1) is 22.8 Å². The number of hydrogen-bond donors (Lipinski definition) is 2. The maximum Gasteiger partial charge on any atom is 0.390 e. The third-order valence-corrected chi connectivity index (χ3v) is 6.40. The molecule has 0 fully saturated rings. The first-order valence-corrected chi connectivity index (χ1v) is 11.2. The van der Waals surface area contributed by atoms with E-state index in [1.54, 1.807) is 18.2 Å². The standard InChI is InChI=1S/C18H17F3N2O4S2/c19-18(20,21)12-14-23-29(26,27)17-10-8-15(9-11-17)5-4-13-22-28(24,25)16-6-2-1-3-7-16/h1-3,6-11,22-23H,12-14H2. The Morgan fingerprint density at radius 1 is 0.793 bits per heavy atom. The van der Waals surface area contributed by atoms with Crippen molar-refractivity contribution in [2.75, 3.05) is 13.1 Å². The van der Waals surface area contributed by atoms with Crippen LogP contribution in [0.15, 0.2) is 64.4 Å². The highest BCUT2D eigenvalue weighted by Gasteiger charge is 2.27. The van der Waals surface area contributed by atoms with Crippen LogP contribution in [-0.2, 0) is 20.0 Å². The van der Waals surface area contributed by atoms with Crippen LogP contribution in [0.5, 0.6) is 0 Å². The van der Waals surface area contributed by atoms with Crippen LogP contribution in [0.3, 0.4) is 0 Å². The molecule has 0 heterocycles. The fraction of sp³-hybridized carbons (Fsp3) is 0.222. The Bertz CT molecular complexity index is 1090. The summed E-state index contributed by atoms with van der Waals surface area (Å²) in [5, 5.41) is 0. The first-order chi connectivity index (χ1) is 13.5. The highest BCUT2D eigenvalue weighted by molar-refractivity contribution is 7.89. The monoisotopic (exact) mass is 446 g/mol. The predicted octanol–water partition coefficient (Wildman–Crippen LogP) is 2.25. The normalized spacial score (nSPS) is 12.2. The zero-order chi connectivity index (χ0) is 21.5. The van der Waals surface area contributed by atoms with Crippen molar-refractivity contribution >= 4 is 20.0 Å². The smallest absolute Gasteiger partial charge is 0.211 e. The quantitative estimate of drug-likeness (QED) is 0.638. The van der Waals surface area contributed by atoms with Gasteiger partial charge in [-0.15, -0.1) is 0 Å². The third kappa shape index (κ3) is 7.51. The van der Waals surface area contributed by atoms with Gasteiger partial charge >= 0.3 is 6.18 Å². The fourth-order valence-electron chi connectivity index (χ4n) is 2.09. The summed E-state index contributed by atoms with van der Waals surface area (Å²) in [5.41, 5.74) is 0.415. The van der Waals surface area contributed by atoms with Crippen LogP contribution in [0.4, 0.5) is 13.2 Å². The van der Waals surface area contributed by atoms with E-state index < -0.39 is 39.2 Å². The highest BCUT2D eigenvalue weighted by atomic mass is 32.2. The van der Waals surface area contributed by atoms with Crippen molar-refractivity contribution in [3.05, 3.63) is 60.2 Å². The second-order valence-corrected chi connectivity index (χ2v) is 9.26. The molecule has 0 bridgehead atoms. The summed E-state index contributed by atoms with van der Waals surface area (Å²) in [6.07, 6.45) is -5.72. The van der Waals surface area contributed by atoms with Crippen molar-refractivity contribution in [3.8, 4) is 11.8 Å². The molecule has 2 aromatic rings. The fourth-order valence-corrected chi connectivity index (χ4v) is 4.06. The van der Waals surface area contributed by atoms with Crippen LogP contribution in [0.2, 0.25) is 0 Å². The van der Waals surface area contributed by atoms with Gasteiger partial charge in [-0.1, -0.05) is 30.0 Å². The number of nitrogens with one attached hydrogen (secondary N) is 2. The van der Waals surface area contributed by atoms with Crippen LogP contribution in [0.1, 0.15) is 12.0 Å². The van der Waals surface area contributed by atoms with E-state index in [0.717, 1.165) is 0 Å². The molecule has 11 heteroatoms. The molecule has 0 aromatic heterocycles. The van der Waals surface area contributed by atoms with Crippen LogP contribution in [0, 0.1) is 11.8 Å². The lowest BCUT2D eigenvalue weighted by Gasteiger charge is -2.08. The van der Waals surface area contributed by atoms with E-state index in [1.807, 2.05) is 4.72 Å². The molecule has 0 saturated heterocycles. The molecule has 0 aliphatic heterocycles. The Morgan fingerprint density at radius 2 is 1.34 bits per heavy atom. The Balaban J connectivity index is 1.94. The summed E-state index contributed by atoms with van der Waals surface area (Å²) in [4.78, 5) is -0.0932. The topological polar surface area (TPSA) is 92.3 Å². The van der Waals surface area contributed by atoms with Crippen molar-refractivity contribution in [1.82, 2.24) is 9.44 Å². The maximum atomic E-state index is 12.1. The Hall–Kier alpha value is -2.39. The Morgan fingerprint density at radius 3 is 1.93 bits per heavy atom. The Labute approximate surface area is 167 Å². The lowest BCUT2D eigenvalue weighted by Crippen LogP contribution is -2.28. The average molecular weight is 446 g/mol. The molecular weight excluding hydrogens is 429 g/mol. The summed E-state index contributed by atoms with van der Waals surface area (Å²) >= 11 is 0. The number of alkyl halides is 3. The second kappa shape index (κ2) is 9.41. The van der Waals surface area contributed by atoms with E-state index >= 15 is 0 Å². The molecule has 6 nitrogen and oxygen atoms in total. The lowest BCUT2D eigenvalue weighted by molar-refractivity contribution is -0.132. The molecule has 0 aliphatic carbocycles. The summed E-state index contributed by atoms with van der Waals surface area (Å²) in [6, 6.07) is 12.9. The van der Waals surface area contributed by atoms with E-state index in [1.165, 1.54) is 36.4 Å². The molecule has 156 valence electrons. The van der Waals surface area contributed by atoms with Crippen molar-refractivity contribution in [2.45, 2.75) is 22.4 Å². The van der Waals surface area contributed by atoms with Gasteiger partial charge in [-0.05, 0) is 36.4 Å². The maximum absolute atomic E-state index is 12.1. The number of benzene rings is 2. The van der Waals surface area contributed by atoms with Gasteiger partial charge in [-0.2, -0.15) is 17.9 Å². The van der Waals surface area contributed by atoms with E-state index in [0.29, 0.717) is 5.56 Å². The van der Waals surface area contributed by atoms with E-state index in [-0.39, 0.29) is 16.3 Å². The van der Waals surface area contributed by atoms with E-state index in [2.05, 4.69) is 16.6 Å². The van der Waals surface area contributed by atoms with Gasteiger partial charge < -0.3 is 0 Å². The van der Waals surface area contributed by atoms with Gasteiger partial charge in [0.2, 0.25) is 20.0 Å². The molecule has 0 atom stereocenters. The highest BCUT2D eigenvalue weighted by Crippen LogP contribution is 2.19. The lowest BCUT2D eigenvalue weighted by atomic mass is 10.2. The first-order valence-electron chi connectivity index (χ1n) is 8.20. The molecule has 2 N–H and O–H groups in total. The van der Waals surface area contributed by atoms with Crippen LogP contribution in [0.25, 0.3) is 0 Å². The van der Waals surface area contributed by atoms with Crippen LogP contribution in [-0.4, -0.2) is 36.1 Å². The summed E-state index contributed by atoms with van der Waals surface area (Å²) in [6.45, 7) is -0.911. The minimum Gasteiger partial charge on any atom is -0.211 e. The van der Waals surface area contributed by atoms with Crippen molar-refractivity contribution in [3.63, 3.8) is 0 Å². The number of sulfonamides is 2. The molecule has 0 radical (unpaired) electrons. The molecule has 29 heavy (non-hydrogen) atoms. The van der Waals surface area contributed by atoms with Crippen LogP contribution >= 0.6 is 0 Å². The van der Waals surface area contributed by atoms with Gasteiger partial charge in [0.15, 0.2) is 0 Å². The number of halogens is 3. The molecular formula is C18H17F3N2O4S2. The molecule has 0 saturated carbocycles. The zero-order valence-electron chi connectivity index (χ0n) is 14.9. The number of hydrogen-bond acceptors (Lipinski definition) is 4. The van der Waals surface area contributed by atoms with Crippen molar-refractivity contribution in [1.29, 1.82) is 0 Å². The third-order valence-electron chi connectivity index (χ3n) is 3.50. The first kappa shape index (κ1) is 22.9. The summed E-state index contributed by atoms with van der Waals surface area (Å²) in [7, 11) is -7.74. The number of rotatable bonds is 7. The minimum absolute atomic E-state index is 0.106. The molecule has 2 rings (SSSR count). The molecule has 0 aliphatic rings.